The van der Waals surface area contributed by atoms with Gasteiger partial charge in [0.25, 0.3) is 0 Å². The van der Waals surface area contributed by atoms with Gasteiger partial charge in [0.1, 0.15) is 24.4 Å². The topological polar surface area (TPSA) is 66.4 Å². The van der Waals surface area contributed by atoms with Gasteiger partial charge in [0.15, 0.2) is 17.9 Å². The molecule has 6 nitrogen and oxygen atoms in total. The summed E-state index contributed by atoms with van der Waals surface area (Å²) in [6.07, 6.45) is -2.53. The number of rotatable bonds is 1. The van der Waals surface area contributed by atoms with Gasteiger partial charge < -0.3 is 28.8 Å². The molecule has 1 N–H and O–H groups in total. The van der Waals surface area contributed by atoms with Gasteiger partial charge in [0.2, 0.25) is 0 Å². The third-order valence-electron chi connectivity index (χ3n) is 3.45. The van der Waals surface area contributed by atoms with E-state index < -0.39 is 36.2 Å². The second kappa shape index (κ2) is 3.88. The quantitative estimate of drug-likeness (QED) is 0.735. The van der Waals surface area contributed by atoms with Crippen LogP contribution in [0.2, 0.25) is 0 Å². The highest BCUT2D eigenvalue weighted by atomic mass is 16.8. The molecule has 0 aromatic rings. The van der Waals surface area contributed by atoms with E-state index >= 15 is 0 Å². The highest BCUT2D eigenvalue weighted by Gasteiger charge is 2.57. The van der Waals surface area contributed by atoms with E-state index in [1.165, 1.54) is 0 Å². The average molecular weight is 260 g/mol. The molecule has 4 unspecified atom stereocenters. The smallest absolute Gasteiger partial charge is 0.190 e. The molecule has 3 heterocycles. The predicted octanol–water partition coefficient (Wildman–Crippen LogP) is 0.375. The molecular weight excluding hydrogens is 240 g/mol. The van der Waals surface area contributed by atoms with Gasteiger partial charge in [-0.1, -0.05) is 0 Å². The Hall–Kier alpha value is -0.240. The van der Waals surface area contributed by atoms with Crippen molar-refractivity contribution in [2.24, 2.45) is 0 Å². The van der Waals surface area contributed by atoms with E-state index in [2.05, 4.69) is 0 Å². The van der Waals surface area contributed by atoms with Crippen molar-refractivity contribution in [2.45, 2.75) is 70.0 Å². The Morgan fingerprint density at radius 1 is 0.944 bits per heavy atom. The lowest BCUT2D eigenvalue weighted by Gasteiger charge is -2.26. The Balaban J connectivity index is 1.68. The van der Waals surface area contributed by atoms with Crippen molar-refractivity contribution < 1.29 is 28.8 Å². The van der Waals surface area contributed by atoms with Crippen molar-refractivity contribution >= 4 is 0 Å². The van der Waals surface area contributed by atoms with Crippen molar-refractivity contribution in [3.63, 3.8) is 0 Å². The normalized spacial score (nSPS) is 49.5. The van der Waals surface area contributed by atoms with Crippen LogP contribution in [0.25, 0.3) is 0 Å². The highest BCUT2D eigenvalue weighted by Crippen LogP contribution is 2.40. The number of hydrogen-bond acceptors (Lipinski definition) is 6. The fraction of sp³-hybridized carbons (Fsp3) is 1.00. The fourth-order valence-electron chi connectivity index (χ4n) is 2.70. The molecule has 0 spiro atoms. The SMILES string of the molecule is CC1(C)OCC(C2OC3OC(C)(C)OC3[C@H]2O)O1. The maximum Gasteiger partial charge on any atom is 0.190 e. The van der Waals surface area contributed by atoms with Crippen molar-refractivity contribution in [2.75, 3.05) is 6.61 Å². The van der Waals surface area contributed by atoms with Crippen molar-refractivity contribution in [1.82, 2.24) is 0 Å². The first-order valence-corrected chi connectivity index (χ1v) is 6.28. The number of fused-ring (bicyclic) bond motifs is 1. The zero-order valence-electron chi connectivity index (χ0n) is 11.1. The van der Waals surface area contributed by atoms with E-state index in [0.717, 1.165) is 0 Å². The van der Waals surface area contributed by atoms with Crippen LogP contribution >= 0.6 is 0 Å². The zero-order chi connectivity index (χ0) is 13.1. The first-order valence-electron chi connectivity index (χ1n) is 6.28. The van der Waals surface area contributed by atoms with Gasteiger partial charge in [0, 0.05) is 0 Å². The predicted molar refractivity (Wildman–Crippen MR) is 59.6 cm³/mol. The van der Waals surface area contributed by atoms with Crippen LogP contribution in [0.5, 0.6) is 0 Å². The molecule has 0 saturated carbocycles. The Morgan fingerprint density at radius 3 is 2.22 bits per heavy atom. The van der Waals surface area contributed by atoms with Crippen LogP contribution in [-0.4, -0.2) is 54.0 Å². The van der Waals surface area contributed by atoms with Crippen LogP contribution < -0.4 is 0 Å². The summed E-state index contributed by atoms with van der Waals surface area (Å²) in [7, 11) is 0. The maximum atomic E-state index is 10.3. The molecule has 104 valence electrons. The van der Waals surface area contributed by atoms with Crippen LogP contribution in [0.1, 0.15) is 27.7 Å². The van der Waals surface area contributed by atoms with Crippen LogP contribution in [0.3, 0.4) is 0 Å². The maximum absolute atomic E-state index is 10.3. The van der Waals surface area contributed by atoms with Crippen molar-refractivity contribution in [1.29, 1.82) is 0 Å². The average Bonchev–Trinajstić information content (AvgIpc) is 2.81. The molecule has 0 radical (unpaired) electrons. The van der Waals surface area contributed by atoms with E-state index in [1.54, 1.807) is 13.8 Å². The Labute approximate surface area is 106 Å². The first kappa shape index (κ1) is 12.8. The molecule has 3 fully saturated rings. The minimum absolute atomic E-state index is 0.295. The molecule has 0 aromatic heterocycles. The third kappa shape index (κ3) is 2.07. The molecule has 0 aliphatic carbocycles. The second-order valence-corrected chi connectivity index (χ2v) is 5.93. The minimum Gasteiger partial charge on any atom is -0.387 e. The molecule has 5 atom stereocenters. The summed E-state index contributed by atoms with van der Waals surface area (Å²) in [5.74, 6) is -1.35. The van der Waals surface area contributed by atoms with E-state index in [-0.39, 0.29) is 6.10 Å². The van der Waals surface area contributed by atoms with E-state index in [9.17, 15) is 5.11 Å². The molecule has 18 heavy (non-hydrogen) atoms. The summed E-state index contributed by atoms with van der Waals surface area (Å²) >= 11 is 0. The third-order valence-corrected chi connectivity index (χ3v) is 3.45. The summed E-state index contributed by atoms with van der Waals surface area (Å²) in [6, 6.07) is 0. The van der Waals surface area contributed by atoms with E-state index in [1.807, 2.05) is 13.8 Å². The molecule has 0 bridgehead atoms. The van der Waals surface area contributed by atoms with Gasteiger partial charge in [-0.25, -0.2) is 0 Å². The fourth-order valence-corrected chi connectivity index (χ4v) is 2.70. The summed E-state index contributed by atoms with van der Waals surface area (Å²) in [5, 5.41) is 10.3. The van der Waals surface area contributed by atoms with Crippen molar-refractivity contribution in [3.8, 4) is 0 Å². The standard InChI is InChI=1S/C12H20O6/c1-11(2)14-5-6(16-11)8-7(13)9-10(15-8)18-12(3,4)17-9/h6-10,13H,5H2,1-4H3/t6?,7-,8?,9?,10?/m0/s1. The van der Waals surface area contributed by atoms with Gasteiger partial charge in [-0.15, -0.1) is 0 Å². The highest BCUT2D eigenvalue weighted by molar-refractivity contribution is 4.97. The minimum atomic E-state index is -0.765. The van der Waals surface area contributed by atoms with Crippen LogP contribution in [0, 0.1) is 0 Å². The Kier molecular flexibility index (Phi) is 2.75. The molecular formula is C12H20O6. The summed E-state index contributed by atoms with van der Waals surface area (Å²) in [6.45, 7) is 7.68. The molecule has 3 aliphatic rings. The summed E-state index contributed by atoms with van der Waals surface area (Å²) < 4.78 is 28.1. The van der Waals surface area contributed by atoms with E-state index in [4.69, 9.17) is 23.7 Å². The summed E-state index contributed by atoms with van der Waals surface area (Å²) in [5.41, 5.74) is 0. The van der Waals surface area contributed by atoms with Gasteiger partial charge in [-0.05, 0) is 27.7 Å². The van der Waals surface area contributed by atoms with Crippen LogP contribution in [-0.2, 0) is 23.7 Å². The van der Waals surface area contributed by atoms with Crippen LogP contribution in [0.15, 0.2) is 0 Å². The molecule has 0 amide bonds. The lowest BCUT2D eigenvalue weighted by molar-refractivity contribution is -0.232. The molecule has 3 rings (SSSR count). The number of aliphatic hydroxyl groups is 1. The number of hydrogen-bond donors (Lipinski definition) is 1. The largest absolute Gasteiger partial charge is 0.387 e. The number of ether oxygens (including phenoxy) is 5. The lowest BCUT2D eigenvalue weighted by atomic mass is 10.1. The molecule has 3 aliphatic heterocycles. The zero-order valence-corrected chi connectivity index (χ0v) is 11.1. The molecule has 3 saturated heterocycles. The first-order chi connectivity index (χ1) is 8.27. The van der Waals surface area contributed by atoms with Gasteiger partial charge >= 0.3 is 0 Å². The monoisotopic (exact) mass is 260 g/mol. The lowest BCUT2D eigenvalue weighted by Crippen LogP contribution is -2.42. The number of aliphatic hydroxyl groups excluding tert-OH is 1. The summed E-state index contributed by atoms with van der Waals surface area (Å²) in [4.78, 5) is 0. The van der Waals surface area contributed by atoms with Gasteiger partial charge in [-0.3, -0.25) is 0 Å². The van der Waals surface area contributed by atoms with Gasteiger partial charge in [0.05, 0.1) is 6.61 Å². The van der Waals surface area contributed by atoms with Crippen LogP contribution in [0.4, 0.5) is 0 Å². The Bertz CT molecular complexity index is 341. The van der Waals surface area contributed by atoms with Gasteiger partial charge in [-0.2, -0.15) is 0 Å². The molecule has 0 aromatic carbocycles. The second-order valence-electron chi connectivity index (χ2n) is 5.93. The molecule has 6 heteroatoms. The van der Waals surface area contributed by atoms with Crippen molar-refractivity contribution in [3.05, 3.63) is 0 Å². The van der Waals surface area contributed by atoms with E-state index in [0.29, 0.717) is 6.61 Å². The Morgan fingerprint density at radius 2 is 1.67 bits per heavy atom.